The molecule has 1 aromatic rings. The monoisotopic (exact) mass is 216 g/mol. The molecule has 0 radical (unpaired) electrons. The Kier molecular flexibility index (Phi) is 3.48. The molecule has 0 bridgehead atoms. The van der Waals surface area contributed by atoms with Gasteiger partial charge >= 0.3 is 0 Å². The second-order valence-electron chi connectivity index (χ2n) is 5.10. The highest BCUT2D eigenvalue weighted by molar-refractivity contribution is 5.27. The Morgan fingerprint density at radius 1 is 1.31 bits per heavy atom. The van der Waals surface area contributed by atoms with E-state index in [-0.39, 0.29) is 1.43 Å². The fraction of sp³-hybridized carbons (Fsp3) is 0.500. The first-order chi connectivity index (χ1) is 7.77. The highest BCUT2D eigenvalue weighted by Crippen LogP contribution is 2.40. The van der Waals surface area contributed by atoms with Gasteiger partial charge in [-0.3, -0.25) is 0 Å². The average molecular weight is 216 g/mol. The lowest BCUT2D eigenvalue weighted by molar-refractivity contribution is 0.306. The molecular formula is C16H24. The summed E-state index contributed by atoms with van der Waals surface area (Å²) in [5, 5.41) is 0. The molecule has 2 unspecified atom stereocenters. The van der Waals surface area contributed by atoms with Crippen molar-refractivity contribution < 1.29 is 1.43 Å². The van der Waals surface area contributed by atoms with Crippen LogP contribution in [0.5, 0.6) is 0 Å². The molecule has 0 aliphatic heterocycles. The van der Waals surface area contributed by atoms with Crippen LogP contribution >= 0.6 is 0 Å². The Bertz CT molecular complexity index is 355. The summed E-state index contributed by atoms with van der Waals surface area (Å²) < 4.78 is 0. The van der Waals surface area contributed by atoms with Gasteiger partial charge in [0.1, 0.15) is 0 Å². The maximum atomic E-state index is 2.44. The van der Waals surface area contributed by atoms with E-state index in [2.05, 4.69) is 56.3 Å². The minimum atomic E-state index is 0. The Balaban J connectivity index is 0.00000144. The Hall–Kier alpha value is -1.04. The molecule has 2 rings (SSSR count). The predicted molar refractivity (Wildman–Crippen MR) is 72.7 cm³/mol. The van der Waals surface area contributed by atoms with Crippen LogP contribution in [0, 0.1) is 5.92 Å². The molecule has 0 heterocycles. The standard InChI is InChI=1S/C16H22.H2/c1-3-16(2,14-10-6-4-7-11-14)15-12-8-5-9-13-15;/h4,6-8,10-12,15H,3,5,9,13H2,1-2H3;1H. The van der Waals surface area contributed by atoms with E-state index in [0.29, 0.717) is 11.3 Å². The summed E-state index contributed by atoms with van der Waals surface area (Å²) in [6.07, 6.45) is 9.99. The molecule has 0 fully saturated rings. The van der Waals surface area contributed by atoms with E-state index in [9.17, 15) is 0 Å². The average Bonchev–Trinajstić information content (AvgIpc) is 2.40. The molecule has 1 aromatic carbocycles. The lowest BCUT2D eigenvalue weighted by Gasteiger charge is -2.37. The summed E-state index contributed by atoms with van der Waals surface area (Å²) >= 11 is 0. The minimum absolute atomic E-state index is 0. The van der Waals surface area contributed by atoms with Crippen molar-refractivity contribution in [3.63, 3.8) is 0 Å². The van der Waals surface area contributed by atoms with Crippen molar-refractivity contribution in [3.8, 4) is 0 Å². The summed E-state index contributed by atoms with van der Waals surface area (Å²) in [6.45, 7) is 4.73. The number of allylic oxidation sites excluding steroid dienone is 2. The lowest BCUT2D eigenvalue weighted by Crippen LogP contribution is -2.31. The van der Waals surface area contributed by atoms with Crippen molar-refractivity contribution in [2.75, 3.05) is 0 Å². The van der Waals surface area contributed by atoms with Crippen LogP contribution in [0.25, 0.3) is 0 Å². The second kappa shape index (κ2) is 4.86. The van der Waals surface area contributed by atoms with Crippen LogP contribution in [-0.2, 0) is 5.41 Å². The Morgan fingerprint density at radius 3 is 2.62 bits per heavy atom. The van der Waals surface area contributed by atoms with Crippen molar-refractivity contribution in [2.45, 2.75) is 44.9 Å². The fourth-order valence-electron chi connectivity index (χ4n) is 2.84. The summed E-state index contributed by atoms with van der Waals surface area (Å²) in [7, 11) is 0. The van der Waals surface area contributed by atoms with Crippen molar-refractivity contribution in [2.24, 2.45) is 5.92 Å². The van der Waals surface area contributed by atoms with Gasteiger partial charge in [-0.15, -0.1) is 0 Å². The molecule has 0 heteroatoms. The van der Waals surface area contributed by atoms with Gasteiger partial charge in [-0.05, 0) is 42.6 Å². The summed E-state index contributed by atoms with van der Waals surface area (Å²) in [5.74, 6) is 0.716. The van der Waals surface area contributed by atoms with E-state index in [1.807, 2.05) is 0 Å². The number of benzene rings is 1. The van der Waals surface area contributed by atoms with E-state index >= 15 is 0 Å². The molecule has 0 saturated heterocycles. The van der Waals surface area contributed by atoms with E-state index in [1.165, 1.54) is 31.2 Å². The summed E-state index contributed by atoms with van der Waals surface area (Å²) in [4.78, 5) is 0. The van der Waals surface area contributed by atoms with Crippen LogP contribution in [-0.4, -0.2) is 0 Å². The first-order valence-electron chi connectivity index (χ1n) is 6.49. The van der Waals surface area contributed by atoms with Gasteiger partial charge in [-0.1, -0.05) is 56.3 Å². The van der Waals surface area contributed by atoms with Gasteiger partial charge in [0.05, 0.1) is 0 Å². The van der Waals surface area contributed by atoms with Crippen LogP contribution in [0.4, 0.5) is 0 Å². The van der Waals surface area contributed by atoms with Gasteiger partial charge in [0.25, 0.3) is 0 Å². The van der Waals surface area contributed by atoms with Gasteiger partial charge in [0.2, 0.25) is 0 Å². The Labute approximate surface area is 101 Å². The van der Waals surface area contributed by atoms with Gasteiger partial charge in [0.15, 0.2) is 0 Å². The molecule has 16 heavy (non-hydrogen) atoms. The second-order valence-corrected chi connectivity index (χ2v) is 5.10. The minimum Gasteiger partial charge on any atom is -0.0882 e. The van der Waals surface area contributed by atoms with E-state index in [0.717, 1.165) is 0 Å². The third-order valence-electron chi connectivity index (χ3n) is 4.24. The van der Waals surface area contributed by atoms with Crippen LogP contribution in [0.2, 0.25) is 0 Å². The first kappa shape index (κ1) is 11.4. The molecule has 0 N–H and O–H groups in total. The molecule has 0 amide bonds. The topological polar surface area (TPSA) is 0 Å². The zero-order valence-corrected chi connectivity index (χ0v) is 10.4. The molecule has 1 aliphatic carbocycles. The highest BCUT2D eigenvalue weighted by Gasteiger charge is 2.32. The normalized spacial score (nSPS) is 24.0. The van der Waals surface area contributed by atoms with Gasteiger partial charge in [-0.25, -0.2) is 0 Å². The molecule has 0 aromatic heterocycles. The van der Waals surface area contributed by atoms with E-state index < -0.39 is 0 Å². The lowest BCUT2D eigenvalue weighted by atomic mass is 9.67. The zero-order chi connectivity index (χ0) is 11.4. The Morgan fingerprint density at radius 2 is 2.06 bits per heavy atom. The fourth-order valence-corrected chi connectivity index (χ4v) is 2.84. The third-order valence-corrected chi connectivity index (χ3v) is 4.24. The van der Waals surface area contributed by atoms with Gasteiger partial charge in [0, 0.05) is 1.43 Å². The maximum Gasteiger partial charge on any atom is 0 e. The number of rotatable bonds is 3. The summed E-state index contributed by atoms with van der Waals surface area (Å²) in [5.41, 5.74) is 1.81. The molecule has 0 nitrogen and oxygen atoms in total. The molecule has 88 valence electrons. The van der Waals surface area contributed by atoms with Crippen LogP contribution in [0.15, 0.2) is 42.5 Å². The van der Waals surface area contributed by atoms with E-state index in [1.54, 1.807) is 0 Å². The first-order valence-corrected chi connectivity index (χ1v) is 6.49. The summed E-state index contributed by atoms with van der Waals surface area (Å²) in [6, 6.07) is 11.0. The van der Waals surface area contributed by atoms with Gasteiger partial charge in [-0.2, -0.15) is 0 Å². The molecular weight excluding hydrogens is 192 g/mol. The van der Waals surface area contributed by atoms with Crippen molar-refractivity contribution in [1.29, 1.82) is 0 Å². The van der Waals surface area contributed by atoms with E-state index in [4.69, 9.17) is 0 Å². The van der Waals surface area contributed by atoms with Crippen LogP contribution in [0.3, 0.4) is 0 Å². The molecule has 0 spiro atoms. The van der Waals surface area contributed by atoms with Crippen LogP contribution in [0.1, 0.15) is 46.5 Å². The molecule has 2 atom stereocenters. The number of hydrogen-bond donors (Lipinski definition) is 0. The van der Waals surface area contributed by atoms with Crippen LogP contribution < -0.4 is 0 Å². The quantitative estimate of drug-likeness (QED) is 0.627. The molecule has 0 saturated carbocycles. The smallest absolute Gasteiger partial charge is 0 e. The van der Waals surface area contributed by atoms with Crippen molar-refractivity contribution in [3.05, 3.63) is 48.0 Å². The maximum absolute atomic E-state index is 2.44. The van der Waals surface area contributed by atoms with Gasteiger partial charge < -0.3 is 0 Å². The SMILES string of the molecule is CCC(C)(c1ccccc1)C1C=CCCC1.[HH]. The molecule has 1 aliphatic rings. The van der Waals surface area contributed by atoms with Crippen molar-refractivity contribution in [1.82, 2.24) is 0 Å². The predicted octanol–water partition coefficient (Wildman–Crippen LogP) is 4.96. The zero-order valence-electron chi connectivity index (χ0n) is 10.4. The highest BCUT2D eigenvalue weighted by atomic mass is 14.4. The third kappa shape index (κ3) is 2.07. The number of hydrogen-bond acceptors (Lipinski definition) is 0. The largest absolute Gasteiger partial charge is 0.0882 e. The van der Waals surface area contributed by atoms with Crippen molar-refractivity contribution >= 4 is 0 Å².